The zero-order valence-electron chi connectivity index (χ0n) is 10.2. The van der Waals surface area contributed by atoms with Gasteiger partial charge in [0, 0.05) is 18.1 Å². The van der Waals surface area contributed by atoms with Gasteiger partial charge in [0.15, 0.2) is 0 Å². The summed E-state index contributed by atoms with van der Waals surface area (Å²) in [5.74, 6) is 0. The van der Waals surface area contributed by atoms with Crippen LogP contribution in [0.15, 0.2) is 0 Å². The molecule has 0 heterocycles. The molecule has 2 unspecified atom stereocenters. The minimum Gasteiger partial charge on any atom is -0.313 e. The lowest BCUT2D eigenvalue weighted by atomic mass is 9.90. The van der Waals surface area contributed by atoms with Crippen LogP contribution < -0.4 is 5.32 Å². The number of nitrogens with one attached hydrogen (secondary N) is 1. The Balaban J connectivity index is 2.26. The zero-order chi connectivity index (χ0) is 10.6. The summed E-state index contributed by atoms with van der Waals surface area (Å²) < 4.78 is 0. The Bertz CT molecular complexity index is 154. The van der Waals surface area contributed by atoms with Crippen LogP contribution in [0.4, 0.5) is 0 Å². The van der Waals surface area contributed by atoms with Gasteiger partial charge < -0.3 is 5.32 Å². The number of hydrogen-bond acceptors (Lipinski definition) is 2. The van der Waals surface area contributed by atoms with Gasteiger partial charge in [-0.05, 0) is 46.7 Å². The molecule has 1 aliphatic rings. The summed E-state index contributed by atoms with van der Waals surface area (Å²) in [6, 6.07) is 2.13. The van der Waals surface area contributed by atoms with Crippen LogP contribution in [0.5, 0.6) is 0 Å². The molecule has 0 aromatic carbocycles. The van der Waals surface area contributed by atoms with E-state index in [1.807, 2.05) is 0 Å². The standard InChI is InChI=1S/C12H26N2/c1-5-9-13-10(2)11(3)14(4)12-7-6-8-12/h10-13H,5-9H2,1-4H3. The highest BCUT2D eigenvalue weighted by molar-refractivity contribution is 4.85. The van der Waals surface area contributed by atoms with E-state index in [0.717, 1.165) is 12.6 Å². The lowest BCUT2D eigenvalue weighted by Crippen LogP contribution is -2.51. The number of likely N-dealkylation sites (N-methyl/N-ethyl adjacent to an activating group) is 1. The molecule has 1 N–H and O–H groups in total. The summed E-state index contributed by atoms with van der Waals surface area (Å²) in [6.45, 7) is 8.01. The van der Waals surface area contributed by atoms with Gasteiger partial charge in [-0.1, -0.05) is 13.3 Å². The largest absolute Gasteiger partial charge is 0.313 e. The first kappa shape index (κ1) is 12.0. The smallest absolute Gasteiger partial charge is 0.0218 e. The lowest BCUT2D eigenvalue weighted by molar-refractivity contribution is 0.0998. The third-order valence-electron chi connectivity index (χ3n) is 3.73. The lowest BCUT2D eigenvalue weighted by Gasteiger charge is -2.41. The van der Waals surface area contributed by atoms with E-state index in [0.29, 0.717) is 12.1 Å². The van der Waals surface area contributed by atoms with Crippen molar-refractivity contribution < 1.29 is 0 Å². The van der Waals surface area contributed by atoms with E-state index in [9.17, 15) is 0 Å². The molecule has 2 heteroatoms. The molecule has 0 aromatic heterocycles. The number of rotatable bonds is 6. The molecule has 1 rings (SSSR count). The van der Waals surface area contributed by atoms with Crippen molar-refractivity contribution >= 4 is 0 Å². The quantitative estimate of drug-likeness (QED) is 0.704. The molecular formula is C12H26N2. The maximum absolute atomic E-state index is 3.57. The van der Waals surface area contributed by atoms with Gasteiger partial charge in [0.2, 0.25) is 0 Å². The van der Waals surface area contributed by atoms with Crippen molar-refractivity contribution in [3.63, 3.8) is 0 Å². The Morgan fingerprint density at radius 2 is 2.00 bits per heavy atom. The summed E-state index contributed by atoms with van der Waals surface area (Å²) in [6.07, 6.45) is 5.46. The van der Waals surface area contributed by atoms with Crippen LogP contribution in [0.3, 0.4) is 0 Å². The second-order valence-corrected chi connectivity index (χ2v) is 4.73. The number of hydrogen-bond donors (Lipinski definition) is 1. The van der Waals surface area contributed by atoms with E-state index >= 15 is 0 Å². The molecule has 84 valence electrons. The summed E-state index contributed by atoms with van der Waals surface area (Å²) in [5, 5.41) is 3.57. The highest BCUT2D eigenvalue weighted by Crippen LogP contribution is 2.25. The first-order chi connectivity index (χ1) is 6.66. The molecule has 0 spiro atoms. The van der Waals surface area contributed by atoms with Crippen LogP contribution in [0, 0.1) is 0 Å². The van der Waals surface area contributed by atoms with Crippen LogP contribution in [0.25, 0.3) is 0 Å². The molecule has 0 aliphatic heterocycles. The van der Waals surface area contributed by atoms with Crippen molar-refractivity contribution in [1.29, 1.82) is 0 Å². The Labute approximate surface area is 89.1 Å². The fourth-order valence-electron chi connectivity index (χ4n) is 2.02. The van der Waals surface area contributed by atoms with Gasteiger partial charge in [0.05, 0.1) is 0 Å². The molecule has 0 radical (unpaired) electrons. The molecule has 0 amide bonds. The Morgan fingerprint density at radius 1 is 1.36 bits per heavy atom. The van der Waals surface area contributed by atoms with Gasteiger partial charge in [0.1, 0.15) is 0 Å². The van der Waals surface area contributed by atoms with Gasteiger partial charge in [0.25, 0.3) is 0 Å². The van der Waals surface area contributed by atoms with Crippen molar-refractivity contribution in [2.75, 3.05) is 13.6 Å². The molecular weight excluding hydrogens is 172 g/mol. The summed E-state index contributed by atoms with van der Waals surface area (Å²) in [5.41, 5.74) is 0. The van der Waals surface area contributed by atoms with Crippen molar-refractivity contribution in [2.45, 2.75) is 64.6 Å². The third kappa shape index (κ3) is 2.96. The molecule has 2 atom stereocenters. The maximum atomic E-state index is 3.57. The molecule has 1 saturated carbocycles. The Kier molecular flexibility index (Phi) is 4.90. The normalized spacial score (nSPS) is 22.1. The fourth-order valence-corrected chi connectivity index (χ4v) is 2.02. The molecule has 0 bridgehead atoms. The van der Waals surface area contributed by atoms with Gasteiger partial charge >= 0.3 is 0 Å². The fraction of sp³-hybridized carbons (Fsp3) is 1.00. The monoisotopic (exact) mass is 198 g/mol. The minimum absolute atomic E-state index is 0.612. The van der Waals surface area contributed by atoms with Crippen LogP contribution in [0.1, 0.15) is 46.5 Å². The Morgan fingerprint density at radius 3 is 2.43 bits per heavy atom. The third-order valence-corrected chi connectivity index (χ3v) is 3.73. The van der Waals surface area contributed by atoms with Crippen LogP contribution >= 0.6 is 0 Å². The average Bonchev–Trinajstić information content (AvgIpc) is 2.10. The minimum atomic E-state index is 0.612. The summed E-state index contributed by atoms with van der Waals surface area (Å²) in [4.78, 5) is 2.55. The van der Waals surface area contributed by atoms with E-state index in [-0.39, 0.29) is 0 Å². The molecule has 1 fully saturated rings. The van der Waals surface area contributed by atoms with E-state index in [1.165, 1.54) is 25.7 Å². The van der Waals surface area contributed by atoms with Gasteiger partial charge in [-0.3, -0.25) is 4.90 Å². The molecule has 0 aromatic rings. The molecule has 0 saturated heterocycles. The average molecular weight is 198 g/mol. The van der Waals surface area contributed by atoms with Crippen LogP contribution in [0.2, 0.25) is 0 Å². The van der Waals surface area contributed by atoms with Crippen LogP contribution in [-0.2, 0) is 0 Å². The molecule has 1 aliphatic carbocycles. The second kappa shape index (κ2) is 5.72. The summed E-state index contributed by atoms with van der Waals surface area (Å²) >= 11 is 0. The van der Waals surface area contributed by atoms with Crippen molar-refractivity contribution in [1.82, 2.24) is 10.2 Å². The van der Waals surface area contributed by atoms with E-state index in [2.05, 4.69) is 38.0 Å². The van der Waals surface area contributed by atoms with Gasteiger partial charge in [-0.25, -0.2) is 0 Å². The highest BCUT2D eigenvalue weighted by Gasteiger charge is 2.27. The van der Waals surface area contributed by atoms with Crippen LogP contribution in [-0.4, -0.2) is 36.6 Å². The van der Waals surface area contributed by atoms with Gasteiger partial charge in [-0.15, -0.1) is 0 Å². The van der Waals surface area contributed by atoms with Gasteiger partial charge in [-0.2, -0.15) is 0 Å². The number of nitrogens with zero attached hydrogens (tertiary/aromatic N) is 1. The van der Waals surface area contributed by atoms with Crippen molar-refractivity contribution in [2.24, 2.45) is 0 Å². The molecule has 14 heavy (non-hydrogen) atoms. The topological polar surface area (TPSA) is 15.3 Å². The van der Waals surface area contributed by atoms with Crippen molar-refractivity contribution in [3.8, 4) is 0 Å². The zero-order valence-corrected chi connectivity index (χ0v) is 10.2. The summed E-state index contributed by atoms with van der Waals surface area (Å²) in [7, 11) is 2.28. The van der Waals surface area contributed by atoms with E-state index < -0.39 is 0 Å². The van der Waals surface area contributed by atoms with E-state index in [4.69, 9.17) is 0 Å². The molecule has 2 nitrogen and oxygen atoms in total. The predicted molar refractivity (Wildman–Crippen MR) is 62.6 cm³/mol. The SMILES string of the molecule is CCCNC(C)C(C)N(C)C1CCC1. The Hall–Kier alpha value is -0.0800. The maximum Gasteiger partial charge on any atom is 0.0218 e. The predicted octanol–water partition coefficient (Wildman–Crippen LogP) is 2.25. The highest BCUT2D eigenvalue weighted by atomic mass is 15.2. The first-order valence-corrected chi connectivity index (χ1v) is 6.12. The van der Waals surface area contributed by atoms with E-state index in [1.54, 1.807) is 0 Å². The second-order valence-electron chi connectivity index (χ2n) is 4.73. The first-order valence-electron chi connectivity index (χ1n) is 6.12. The van der Waals surface area contributed by atoms with Crippen molar-refractivity contribution in [3.05, 3.63) is 0 Å².